The van der Waals surface area contributed by atoms with Crippen LogP contribution in [0.4, 0.5) is 19.1 Å². The third kappa shape index (κ3) is 2.14. The number of fused-ring (bicyclic) bond motifs is 1. The molecule has 22 heavy (non-hydrogen) atoms. The number of rotatable bonds is 4. The van der Waals surface area contributed by atoms with Gasteiger partial charge in [0, 0.05) is 7.05 Å². The van der Waals surface area contributed by atoms with Crippen LogP contribution in [0.5, 0.6) is 0 Å². The molecule has 0 fully saturated rings. The number of carbonyl (C=O) groups excluding carboxylic acids is 1. The van der Waals surface area contributed by atoms with E-state index < -0.39 is 11.8 Å². The van der Waals surface area contributed by atoms with Crippen molar-refractivity contribution in [2.24, 2.45) is 0 Å². The van der Waals surface area contributed by atoms with Crippen molar-refractivity contribution in [1.29, 1.82) is 0 Å². The van der Waals surface area contributed by atoms with Crippen LogP contribution in [0.1, 0.15) is 11.1 Å². The van der Waals surface area contributed by atoms with E-state index in [2.05, 4.69) is 15.6 Å². The molecule has 0 aliphatic heterocycles. The molecule has 0 amide bonds. The molecule has 1 heterocycles. The Labute approximate surface area is 125 Å². The number of anilines is 1. The number of benzene rings is 1. The summed E-state index contributed by atoms with van der Waals surface area (Å²) < 4.78 is 41.6. The number of aldehydes is 1. The summed E-state index contributed by atoms with van der Waals surface area (Å²) in [5, 5.41) is 4.72. The Bertz CT molecular complexity index is 723. The van der Waals surface area contributed by atoms with Crippen LogP contribution in [0, 0.1) is 13.8 Å². The Balaban J connectivity index is 2.93. The Morgan fingerprint density at radius 3 is 2.23 bits per heavy atom. The van der Waals surface area contributed by atoms with Crippen LogP contribution in [0.25, 0.3) is 11.0 Å². The number of imidazole rings is 1. The van der Waals surface area contributed by atoms with Crippen molar-refractivity contribution in [2.75, 3.05) is 19.4 Å². The van der Waals surface area contributed by atoms with Crippen molar-refractivity contribution < 1.29 is 18.0 Å². The molecule has 0 radical (unpaired) electrons. The molecule has 0 bridgehead atoms. The first-order valence-corrected chi connectivity index (χ1v) is 6.61. The zero-order valence-corrected chi connectivity index (χ0v) is 12.7. The predicted molar refractivity (Wildman–Crippen MR) is 77.9 cm³/mol. The van der Waals surface area contributed by atoms with Crippen LogP contribution < -0.4 is 10.6 Å². The number of nitrogens with one attached hydrogen (secondary N) is 2. The molecule has 1 aromatic carbocycles. The minimum absolute atomic E-state index is 0.0428. The van der Waals surface area contributed by atoms with Crippen LogP contribution >= 0.6 is 0 Å². The highest BCUT2D eigenvalue weighted by Gasteiger charge is 2.57. The molecule has 0 saturated heterocycles. The molecule has 0 aliphatic carbocycles. The van der Waals surface area contributed by atoms with E-state index in [9.17, 15) is 18.0 Å². The van der Waals surface area contributed by atoms with Gasteiger partial charge in [-0.25, -0.2) is 4.98 Å². The lowest BCUT2D eigenvalue weighted by atomic mass is 10.1. The number of nitrogens with zero attached hydrogens (tertiary/aromatic N) is 2. The fraction of sp³-hybridized carbons (Fsp3) is 0.429. The number of carbonyl (C=O) groups is 1. The number of halogens is 3. The highest BCUT2D eigenvalue weighted by molar-refractivity contribution is 5.83. The Morgan fingerprint density at radius 1 is 1.18 bits per heavy atom. The minimum Gasteiger partial charge on any atom is -0.359 e. The minimum atomic E-state index is -4.83. The first-order chi connectivity index (χ1) is 10.2. The van der Waals surface area contributed by atoms with Gasteiger partial charge in [0.25, 0.3) is 5.66 Å². The average molecular weight is 314 g/mol. The maximum Gasteiger partial charge on any atom is 0.432 e. The van der Waals surface area contributed by atoms with Gasteiger partial charge in [0.2, 0.25) is 5.95 Å². The highest BCUT2D eigenvalue weighted by atomic mass is 19.4. The van der Waals surface area contributed by atoms with E-state index in [1.807, 2.05) is 6.92 Å². The molecule has 2 rings (SSSR count). The average Bonchev–Trinajstić information content (AvgIpc) is 2.78. The largest absolute Gasteiger partial charge is 0.432 e. The first-order valence-electron chi connectivity index (χ1n) is 6.61. The lowest BCUT2D eigenvalue weighted by Crippen LogP contribution is -2.58. The molecule has 2 N–H and O–H groups in total. The lowest BCUT2D eigenvalue weighted by Gasteiger charge is -2.33. The van der Waals surface area contributed by atoms with Gasteiger partial charge in [-0.3, -0.25) is 14.7 Å². The second-order valence-corrected chi connectivity index (χ2v) is 5.08. The fourth-order valence-corrected chi connectivity index (χ4v) is 2.42. The lowest BCUT2D eigenvalue weighted by molar-refractivity contribution is -0.213. The molecular formula is C14H17F3N4O. The van der Waals surface area contributed by atoms with Gasteiger partial charge in [-0.15, -0.1) is 0 Å². The maximum atomic E-state index is 13.6. The smallest absolute Gasteiger partial charge is 0.359 e. The van der Waals surface area contributed by atoms with Gasteiger partial charge < -0.3 is 5.32 Å². The second-order valence-electron chi connectivity index (χ2n) is 5.08. The van der Waals surface area contributed by atoms with Gasteiger partial charge in [0.1, 0.15) is 0 Å². The first kappa shape index (κ1) is 16.3. The number of aromatic nitrogens is 2. The number of aryl methyl sites for hydroxylation is 2. The zero-order valence-electron chi connectivity index (χ0n) is 12.7. The van der Waals surface area contributed by atoms with Crippen LogP contribution in [-0.2, 0) is 10.5 Å². The molecule has 2 aromatic rings. The van der Waals surface area contributed by atoms with E-state index in [1.54, 1.807) is 19.1 Å². The summed E-state index contributed by atoms with van der Waals surface area (Å²) in [5.41, 5.74) is -0.548. The molecule has 8 heteroatoms. The monoisotopic (exact) mass is 314 g/mol. The van der Waals surface area contributed by atoms with Crippen LogP contribution in [0.15, 0.2) is 12.1 Å². The molecule has 0 aliphatic rings. The van der Waals surface area contributed by atoms with E-state index in [0.717, 1.165) is 22.7 Å². The van der Waals surface area contributed by atoms with Gasteiger partial charge in [0.05, 0.1) is 11.0 Å². The molecule has 120 valence electrons. The molecule has 1 atom stereocenters. The van der Waals surface area contributed by atoms with Crippen molar-refractivity contribution in [3.05, 3.63) is 23.3 Å². The van der Waals surface area contributed by atoms with Gasteiger partial charge in [-0.2, -0.15) is 13.2 Å². The third-order valence-electron chi connectivity index (χ3n) is 3.83. The summed E-state index contributed by atoms with van der Waals surface area (Å²) in [6, 6.07) is 3.30. The van der Waals surface area contributed by atoms with Gasteiger partial charge >= 0.3 is 6.18 Å². The number of likely N-dealkylation sites (N-methyl/N-ethyl adjacent to an activating group) is 1. The highest BCUT2D eigenvalue weighted by Crippen LogP contribution is 2.38. The summed E-state index contributed by atoms with van der Waals surface area (Å²) in [6.07, 6.45) is -4.98. The molecule has 0 saturated carbocycles. The summed E-state index contributed by atoms with van der Waals surface area (Å²) >= 11 is 0. The van der Waals surface area contributed by atoms with E-state index in [4.69, 9.17) is 0 Å². The van der Waals surface area contributed by atoms with Crippen molar-refractivity contribution in [3.63, 3.8) is 0 Å². The van der Waals surface area contributed by atoms with Gasteiger partial charge in [0.15, 0.2) is 6.29 Å². The number of hydrogen-bond acceptors (Lipinski definition) is 4. The standard InChI is InChI=1S/C14H17F3N4O/c1-8-5-10-11(6-9(8)2)21(12(18-3)20-10)13(7-22,19-4)14(15,16)17/h5-7,19H,1-4H3,(H,18,20). The number of hydrogen-bond donors (Lipinski definition) is 2. The predicted octanol–water partition coefficient (Wildman–Crippen LogP) is 2.33. The van der Waals surface area contributed by atoms with E-state index in [0.29, 0.717) is 5.52 Å². The molecule has 1 unspecified atom stereocenters. The molecule has 1 aromatic heterocycles. The topological polar surface area (TPSA) is 59.0 Å². The van der Waals surface area contributed by atoms with E-state index in [1.165, 1.54) is 7.05 Å². The Hall–Kier alpha value is -2.09. The quantitative estimate of drug-likeness (QED) is 0.851. The van der Waals surface area contributed by atoms with Crippen molar-refractivity contribution >= 4 is 23.3 Å². The van der Waals surface area contributed by atoms with Crippen molar-refractivity contribution in [2.45, 2.75) is 25.7 Å². The Kier molecular flexibility index (Phi) is 3.90. The zero-order chi connectivity index (χ0) is 16.7. The van der Waals surface area contributed by atoms with Crippen LogP contribution in [0.3, 0.4) is 0 Å². The van der Waals surface area contributed by atoms with E-state index in [-0.39, 0.29) is 17.8 Å². The molecule has 5 nitrogen and oxygen atoms in total. The second kappa shape index (κ2) is 5.28. The van der Waals surface area contributed by atoms with Crippen LogP contribution in [0.2, 0.25) is 0 Å². The SMILES string of the molecule is CNc1nc2cc(C)c(C)cc2n1C(C=O)(NC)C(F)(F)F. The van der Waals surface area contributed by atoms with Gasteiger partial charge in [-0.1, -0.05) is 0 Å². The molecular weight excluding hydrogens is 297 g/mol. The van der Waals surface area contributed by atoms with Gasteiger partial charge in [-0.05, 0) is 44.2 Å². The van der Waals surface area contributed by atoms with Crippen molar-refractivity contribution in [3.8, 4) is 0 Å². The third-order valence-corrected chi connectivity index (χ3v) is 3.83. The number of alkyl halides is 3. The summed E-state index contributed by atoms with van der Waals surface area (Å²) in [5.74, 6) is -0.0428. The summed E-state index contributed by atoms with van der Waals surface area (Å²) in [7, 11) is 2.55. The summed E-state index contributed by atoms with van der Waals surface area (Å²) in [6.45, 7) is 3.64. The maximum absolute atomic E-state index is 13.6. The molecule has 0 spiro atoms. The van der Waals surface area contributed by atoms with Crippen LogP contribution in [-0.4, -0.2) is 36.1 Å². The fourth-order valence-electron chi connectivity index (χ4n) is 2.42. The van der Waals surface area contributed by atoms with Crippen molar-refractivity contribution in [1.82, 2.24) is 14.9 Å². The normalized spacial score (nSPS) is 14.9. The Morgan fingerprint density at radius 2 is 1.77 bits per heavy atom. The van der Waals surface area contributed by atoms with E-state index >= 15 is 0 Å². The summed E-state index contributed by atoms with van der Waals surface area (Å²) in [4.78, 5) is 15.6.